The van der Waals surface area contributed by atoms with Crippen molar-refractivity contribution in [2.45, 2.75) is 90.3 Å². The molecule has 0 amide bonds. The van der Waals surface area contributed by atoms with Crippen molar-refractivity contribution >= 4 is 18.1 Å². The molecule has 7 atom stereocenters. The van der Waals surface area contributed by atoms with Gasteiger partial charge in [0.1, 0.15) is 18.2 Å². The summed E-state index contributed by atoms with van der Waals surface area (Å²) < 4.78 is 11.3. The molecule has 44 heavy (non-hydrogen) atoms. The minimum Gasteiger partial charge on any atom is -0.448 e. The number of rotatable bonds is 8. The maximum Gasteiger partial charge on any atom is 0.340 e. The van der Waals surface area contributed by atoms with E-state index in [0.717, 1.165) is 62.7 Å². The molecule has 0 bridgehead atoms. The standard InChI is InChI=1S/C32H41N3O4.C4H6O/c1-5-6-9-21-19-30(2)22(18-25(21)35-27-10-7-8-16-34-27)11-12-23-24-13-14-32(38-4,29(37)39-17-15-33)31(24,3)20-26(36)28(23)30;5-3-4-1-2-4/h6-10,16,18,23-24,26,28,36H,5,11-14,17,19-20H2,1-4H3,(H,34,35);3-4H,1-2H2/b9-6+;. The van der Waals surface area contributed by atoms with Crippen molar-refractivity contribution in [2.24, 2.45) is 34.5 Å². The van der Waals surface area contributed by atoms with Crippen LogP contribution in [0.15, 0.2) is 59.5 Å². The summed E-state index contributed by atoms with van der Waals surface area (Å²) in [6.45, 7) is 6.28. The second-order valence-corrected chi connectivity index (χ2v) is 13.7. The lowest BCUT2D eigenvalue weighted by molar-refractivity contribution is -0.204. The van der Waals surface area contributed by atoms with Gasteiger partial charge in [-0.2, -0.15) is 5.26 Å². The van der Waals surface area contributed by atoms with Gasteiger partial charge in [-0.05, 0) is 105 Å². The molecule has 236 valence electrons. The minimum absolute atomic E-state index is 0.0831. The molecule has 2 N–H and O–H groups in total. The second-order valence-electron chi connectivity index (χ2n) is 13.7. The summed E-state index contributed by atoms with van der Waals surface area (Å²) >= 11 is 0. The largest absolute Gasteiger partial charge is 0.448 e. The molecule has 5 aliphatic carbocycles. The van der Waals surface area contributed by atoms with Gasteiger partial charge < -0.3 is 24.7 Å². The quantitative estimate of drug-likeness (QED) is 0.263. The highest BCUT2D eigenvalue weighted by Gasteiger charge is 2.70. The highest BCUT2D eigenvalue weighted by atomic mass is 16.6. The Balaban J connectivity index is 0.000000698. The van der Waals surface area contributed by atoms with E-state index in [-0.39, 0.29) is 29.8 Å². The number of allylic oxidation sites excluding steroid dienone is 5. The zero-order valence-corrected chi connectivity index (χ0v) is 26.6. The zero-order valence-electron chi connectivity index (χ0n) is 26.6. The Bertz CT molecular complexity index is 1360. The van der Waals surface area contributed by atoms with E-state index < -0.39 is 23.1 Å². The van der Waals surface area contributed by atoms with Gasteiger partial charge in [0.05, 0.1) is 6.10 Å². The second kappa shape index (κ2) is 13.0. The number of aldehydes is 1. The number of ether oxygens (including phenoxy) is 2. The number of aliphatic hydroxyl groups is 1. The average Bonchev–Trinajstić information content (AvgIpc) is 3.81. The van der Waals surface area contributed by atoms with Gasteiger partial charge in [-0.3, -0.25) is 0 Å². The molecule has 0 saturated heterocycles. The summed E-state index contributed by atoms with van der Waals surface area (Å²) in [5.41, 5.74) is 1.80. The summed E-state index contributed by atoms with van der Waals surface area (Å²) in [7, 11) is 1.57. The molecule has 6 rings (SSSR count). The van der Waals surface area contributed by atoms with Crippen LogP contribution in [0, 0.1) is 45.8 Å². The van der Waals surface area contributed by atoms with Gasteiger partial charge in [0, 0.05) is 30.3 Å². The first-order chi connectivity index (χ1) is 21.2. The van der Waals surface area contributed by atoms with E-state index in [1.165, 1.54) is 11.1 Å². The van der Waals surface area contributed by atoms with Gasteiger partial charge >= 0.3 is 5.97 Å². The number of hydrogen-bond acceptors (Lipinski definition) is 8. The topological polar surface area (TPSA) is 122 Å². The van der Waals surface area contributed by atoms with Gasteiger partial charge in [-0.25, -0.2) is 9.78 Å². The highest BCUT2D eigenvalue weighted by molar-refractivity contribution is 5.82. The van der Waals surface area contributed by atoms with Crippen LogP contribution in [0.5, 0.6) is 0 Å². The fourth-order valence-corrected chi connectivity index (χ4v) is 8.99. The van der Waals surface area contributed by atoms with E-state index in [1.54, 1.807) is 13.3 Å². The van der Waals surface area contributed by atoms with Crippen LogP contribution >= 0.6 is 0 Å². The zero-order chi connectivity index (χ0) is 31.5. The molecule has 0 spiro atoms. The molecular weight excluding hydrogens is 554 g/mol. The van der Waals surface area contributed by atoms with Crippen molar-refractivity contribution in [3.63, 3.8) is 0 Å². The summed E-state index contributed by atoms with van der Waals surface area (Å²) in [5, 5.41) is 24.5. The lowest BCUT2D eigenvalue weighted by Gasteiger charge is -2.60. The fraction of sp³-hybridized carbons (Fsp3) is 0.611. The van der Waals surface area contributed by atoms with Crippen molar-refractivity contribution in [2.75, 3.05) is 19.0 Å². The van der Waals surface area contributed by atoms with Crippen LogP contribution in [0.1, 0.15) is 78.6 Å². The number of hydrogen-bond donors (Lipinski definition) is 2. The van der Waals surface area contributed by atoms with Crippen molar-refractivity contribution < 1.29 is 24.2 Å². The van der Waals surface area contributed by atoms with Crippen LogP contribution < -0.4 is 5.32 Å². The van der Waals surface area contributed by atoms with Gasteiger partial charge in [0.15, 0.2) is 12.2 Å². The van der Waals surface area contributed by atoms with Gasteiger partial charge in [0.25, 0.3) is 0 Å². The number of methoxy groups -OCH3 is 1. The molecule has 0 radical (unpaired) electrons. The number of anilines is 1. The molecule has 1 heterocycles. The van der Waals surface area contributed by atoms with Crippen LogP contribution in [0.25, 0.3) is 0 Å². The van der Waals surface area contributed by atoms with Crippen molar-refractivity contribution in [3.8, 4) is 6.07 Å². The lowest BCUT2D eigenvalue weighted by atomic mass is 9.45. The number of fused-ring (bicyclic) bond motifs is 5. The Hall–Kier alpha value is -3.28. The van der Waals surface area contributed by atoms with Gasteiger partial charge in [-0.15, -0.1) is 0 Å². The first kappa shape index (κ1) is 32.1. The van der Waals surface area contributed by atoms with E-state index in [0.29, 0.717) is 18.8 Å². The third kappa shape index (κ3) is 5.65. The number of carbonyl (C=O) groups is 2. The Labute approximate surface area is 261 Å². The van der Waals surface area contributed by atoms with Crippen LogP contribution in [-0.2, 0) is 19.1 Å². The predicted octanol–water partition coefficient (Wildman–Crippen LogP) is 6.30. The SMILES string of the molecule is CC/C=C/C1=C(Nc2ccccn2)C=C2CCC3C(C(O)CC4(C)C3CCC4(OC)C(=O)OCC#N)C2(C)C1.O=CC1CC1. The summed E-state index contributed by atoms with van der Waals surface area (Å²) in [6.07, 6.45) is 16.8. The van der Waals surface area contributed by atoms with Crippen molar-refractivity contribution in [1.29, 1.82) is 5.26 Å². The predicted molar refractivity (Wildman–Crippen MR) is 168 cm³/mol. The smallest absolute Gasteiger partial charge is 0.340 e. The van der Waals surface area contributed by atoms with E-state index in [4.69, 9.17) is 14.7 Å². The molecule has 8 nitrogen and oxygen atoms in total. The fourth-order valence-electron chi connectivity index (χ4n) is 8.99. The monoisotopic (exact) mass is 601 g/mol. The average molecular weight is 602 g/mol. The van der Waals surface area contributed by atoms with E-state index >= 15 is 0 Å². The number of aromatic nitrogens is 1. The molecule has 0 aliphatic heterocycles. The van der Waals surface area contributed by atoms with Crippen LogP contribution in [0.2, 0.25) is 0 Å². The Morgan fingerprint density at radius 3 is 2.66 bits per heavy atom. The number of nitrogens with zero attached hydrogens (tertiary/aromatic N) is 2. The number of esters is 1. The van der Waals surface area contributed by atoms with Crippen molar-refractivity contribution in [3.05, 3.63) is 59.5 Å². The number of nitriles is 1. The number of nitrogens with one attached hydrogen (secondary N) is 1. The van der Waals surface area contributed by atoms with Gasteiger partial charge in [0.2, 0.25) is 0 Å². The maximum absolute atomic E-state index is 13.3. The Morgan fingerprint density at radius 2 is 2.05 bits per heavy atom. The molecule has 4 saturated carbocycles. The molecule has 4 fully saturated rings. The molecule has 8 heteroatoms. The first-order valence-electron chi connectivity index (χ1n) is 16.2. The minimum atomic E-state index is -1.14. The number of pyridine rings is 1. The van der Waals surface area contributed by atoms with E-state index in [9.17, 15) is 14.7 Å². The maximum atomic E-state index is 13.3. The third-order valence-electron chi connectivity index (χ3n) is 11.3. The number of carbonyl (C=O) groups excluding carboxylic acids is 2. The normalized spacial score (nSPS) is 35.7. The van der Waals surface area contributed by atoms with E-state index in [2.05, 4.69) is 49.3 Å². The number of aliphatic hydroxyl groups excluding tert-OH is 1. The first-order valence-corrected chi connectivity index (χ1v) is 16.2. The molecular formula is C36H47N3O5. The molecule has 5 aliphatic rings. The molecule has 1 aromatic rings. The van der Waals surface area contributed by atoms with Crippen LogP contribution in [-0.4, -0.2) is 47.8 Å². The molecule has 0 aromatic carbocycles. The summed E-state index contributed by atoms with van der Waals surface area (Å²) in [5.74, 6) is 1.38. The Kier molecular flexibility index (Phi) is 9.48. The lowest BCUT2D eigenvalue weighted by Crippen LogP contribution is -2.62. The summed E-state index contributed by atoms with van der Waals surface area (Å²) in [4.78, 5) is 27.3. The van der Waals surface area contributed by atoms with Gasteiger partial charge in [-0.1, -0.05) is 44.6 Å². The van der Waals surface area contributed by atoms with Crippen LogP contribution in [0.3, 0.4) is 0 Å². The highest BCUT2D eigenvalue weighted by Crippen LogP contribution is 2.68. The third-order valence-corrected chi connectivity index (χ3v) is 11.3. The molecule has 7 unspecified atom stereocenters. The van der Waals surface area contributed by atoms with Crippen LogP contribution in [0.4, 0.5) is 5.82 Å². The summed E-state index contributed by atoms with van der Waals surface area (Å²) in [6, 6.07) is 7.78. The van der Waals surface area contributed by atoms with E-state index in [1.807, 2.05) is 24.3 Å². The van der Waals surface area contributed by atoms with Crippen molar-refractivity contribution in [1.82, 2.24) is 4.98 Å². The Morgan fingerprint density at radius 1 is 1.25 bits per heavy atom. The molecule has 1 aromatic heterocycles.